The van der Waals surface area contributed by atoms with Gasteiger partial charge >= 0.3 is 6.18 Å². The average molecular weight is 301 g/mol. The summed E-state index contributed by atoms with van der Waals surface area (Å²) in [6.07, 6.45) is -4.29. The second-order valence-corrected chi connectivity index (χ2v) is 4.83. The minimum atomic E-state index is -4.29. The van der Waals surface area contributed by atoms with Crippen LogP contribution < -0.4 is 0 Å². The van der Waals surface area contributed by atoms with E-state index in [1.54, 1.807) is 4.68 Å². The number of benzene rings is 1. The number of aliphatic hydroxyl groups is 1. The van der Waals surface area contributed by atoms with E-state index in [4.69, 9.17) is 5.11 Å². The highest BCUT2D eigenvalue weighted by Crippen LogP contribution is 2.22. The van der Waals surface area contributed by atoms with Gasteiger partial charge in [-0.1, -0.05) is 18.2 Å². The molecule has 2 aromatic rings. The van der Waals surface area contributed by atoms with E-state index in [0.717, 1.165) is 15.8 Å². The van der Waals surface area contributed by atoms with Crippen molar-refractivity contribution in [3.05, 3.63) is 30.0 Å². The molecule has 0 fully saturated rings. The van der Waals surface area contributed by atoms with E-state index in [0.29, 0.717) is 12.2 Å². The molecule has 7 heteroatoms. The Morgan fingerprint density at radius 1 is 1.29 bits per heavy atom. The Morgan fingerprint density at radius 3 is 2.62 bits per heavy atom. The van der Waals surface area contributed by atoms with Crippen LogP contribution in [0.1, 0.15) is 12.6 Å². The summed E-state index contributed by atoms with van der Waals surface area (Å²) in [5.74, 6) is 0. The monoisotopic (exact) mass is 301 g/mol. The van der Waals surface area contributed by atoms with Crippen LogP contribution in [0.25, 0.3) is 10.9 Å². The molecule has 0 aliphatic carbocycles. The van der Waals surface area contributed by atoms with Gasteiger partial charge in [-0.15, -0.1) is 0 Å². The molecule has 0 unspecified atom stereocenters. The van der Waals surface area contributed by atoms with Crippen molar-refractivity contribution in [3.8, 4) is 0 Å². The van der Waals surface area contributed by atoms with Crippen molar-refractivity contribution in [1.82, 2.24) is 14.7 Å². The fourth-order valence-corrected chi connectivity index (χ4v) is 2.37. The number of halogens is 3. The van der Waals surface area contributed by atoms with E-state index in [1.807, 2.05) is 31.2 Å². The molecule has 2 rings (SSSR count). The van der Waals surface area contributed by atoms with Crippen molar-refractivity contribution in [2.24, 2.45) is 0 Å². The summed E-state index contributed by atoms with van der Waals surface area (Å²) in [4.78, 5) is 1.16. The van der Waals surface area contributed by atoms with Crippen LogP contribution in [-0.4, -0.2) is 45.7 Å². The molecule has 0 aliphatic rings. The Balaban J connectivity index is 2.28. The van der Waals surface area contributed by atoms with Gasteiger partial charge in [-0.3, -0.25) is 9.58 Å². The summed E-state index contributed by atoms with van der Waals surface area (Å²) in [7, 11) is 0. The van der Waals surface area contributed by atoms with Crippen LogP contribution >= 0.6 is 0 Å². The van der Waals surface area contributed by atoms with Crippen LogP contribution in [0.15, 0.2) is 24.3 Å². The second-order valence-electron chi connectivity index (χ2n) is 4.83. The van der Waals surface area contributed by atoms with Gasteiger partial charge in [0.15, 0.2) is 0 Å². The molecule has 0 bridgehead atoms. The molecule has 0 saturated heterocycles. The van der Waals surface area contributed by atoms with Crippen LogP contribution in [0.3, 0.4) is 0 Å². The number of aliphatic hydroxyl groups excluding tert-OH is 1. The van der Waals surface area contributed by atoms with Crippen molar-refractivity contribution < 1.29 is 18.3 Å². The zero-order chi connectivity index (χ0) is 15.5. The molecule has 0 amide bonds. The number of hydrogen-bond donors (Lipinski definition) is 1. The molecule has 1 N–H and O–H groups in total. The molecule has 4 nitrogen and oxygen atoms in total. The highest BCUT2D eigenvalue weighted by atomic mass is 19.4. The SMILES string of the molecule is CCn1nc(CN(CCO)CC(F)(F)F)c2ccccc21. The lowest BCUT2D eigenvalue weighted by molar-refractivity contribution is -0.148. The maximum Gasteiger partial charge on any atom is 0.401 e. The highest BCUT2D eigenvalue weighted by Gasteiger charge is 2.31. The molecule has 116 valence electrons. The van der Waals surface area contributed by atoms with Crippen molar-refractivity contribution >= 4 is 10.9 Å². The standard InChI is InChI=1S/C14H18F3N3O/c1-2-20-13-6-4-3-5-11(13)12(18-20)9-19(7-8-21)10-14(15,16)17/h3-6,21H,2,7-10H2,1H3. The van der Waals surface area contributed by atoms with Crippen LogP contribution in [0.5, 0.6) is 0 Å². The van der Waals surface area contributed by atoms with E-state index in [9.17, 15) is 13.2 Å². The lowest BCUT2D eigenvalue weighted by atomic mass is 10.2. The maximum absolute atomic E-state index is 12.6. The lowest BCUT2D eigenvalue weighted by Gasteiger charge is -2.21. The molecular formula is C14H18F3N3O. The number of rotatable bonds is 6. The molecule has 0 spiro atoms. The minimum absolute atomic E-state index is 0.0349. The summed E-state index contributed by atoms with van der Waals surface area (Å²) in [6, 6.07) is 7.47. The Labute approximate surface area is 120 Å². The molecule has 1 aromatic carbocycles. The van der Waals surface area contributed by atoms with Gasteiger partial charge in [0.2, 0.25) is 0 Å². The molecule has 0 aliphatic heterocycles. The van der Waals surface area contributed by atoms with Gasteiger partial charge in [0.25, 0.3) is 0 Å². The van der Waals surface area contributed by atoms with Crippen molar-refractivity contribution in [2.45, 2.75) is 26.2 Å². The molecule has 0 radical (unpaired) electrons. The van der Waals surface area contributed by atoms with Gasteiger partial charge in [-0.2, -0.15) is 18.3 Å². The van der Waals surface area contributed by atoms with E-state index in [2.05, 4.69) is 5.10 Å². The first kappa shape index (κ1) is 15.8. The quantitative estimate of drug-likeness (QED) is 0.891. The predicted molar refractivity (Wildman–Crippen MR) is 73.8 cm³/mol. The average Bonchev–Trinajstić information content (AvgIpc) is 2.76. The van der Waals surface area contributed by atoms with Gasteiger partial charge in [0.05, 0.1) is 24.4 Å². The fraction of sp³-hybridized carbons (Fsp3) is 0.500. The van der Waals surface area contributed by atoms with E-state index in [-0.39, 0.29) is 19.7 Å². The third kappa shape index (κ3) is 3.95. The van der Waals surface area contributed by atoms with E-state index < -0.39 is 12.7 Å². The molecule has 0 atom stereocenters. The van der Waals surface area contributed by atoms with E-state index in [1.165, 1.54) is 0 Å². The first-order chi connectivity index (χ1) is 9.94. The molecule has 1 aromatic heterocycles. The smallest absolute Gasteiger partial charge is 0.395 e. The normalized spacial score (nSPS) is 12.5. The topological polar surface area (TPSA) is 41.3 Å². The summed E-state index contributed by atoms with van der Waals surface area (Å²) < 4.78 is 39.5. The number of aromatic nitrogens is 2. The van der Waals surface area contributed by atoms with Crippen LogP contribution in [0.2, 0.25) is 0 Å². The third-order valence-electron chi connectivity index (χ3n) is 3.23. The zero-order valence-electron chi connectivity index (χ0n) is 11.8. The van der Waals surface area contributed by atoms with E-state index >= 15 is 0 Å². The maximum atomic E-state index is 12.6. The van der Waals surface area contributed by atoms with Gasteiger partial charge in [0.1, 0.15) is 0 Å². The Hall–Kier alpha value is -1.60. The number of alkyl halides is 3. The van der Waals surface area contributed by atoms with Crippen molar-refractivity contribution in [3.63, 3.8) is 0 Å². The summed E-state index contributed by atoms with van der Waals surface area (Å²) in [6.45, 7) is 1.24. The highest BCUT2D eigenvalue weighted by molar-refractivity contribution is 5.81. The number of fused-ring (bicyclic) bond motifs is 1. The summed E-state index contributed by atoms with van der Waals surface area (Å²) >= 11 is 0. The Kier molecular flexibility index (Phi) is 4.84. The summed E-state index contributed by atoms with van der Waals surface area (Å²) in [5.41, 5.74) is 1.51. The minimum Gasteiger partial charge on any atom is -0.395 e. The zero-order valence-corrected chi connectivity index (χ0v) is 11.8. The first-order valence-corrected chi connectivity index (χ1v) is 6.79. The Bertz CT molecular complexity index is 595. The number of nitrogens with zero attached hydrogens (tertiary/aromatic N) is 3. The number of hydrogen-bond acceptors (Lipinski definition) is 3. The lowest BCUT2D eigenvalue weighted by Crippen LogP contribution is -2.35. The number of para-hydroxylation sites is 1. The second kappa shape index (κ2) is 6.44. The third-order valence-corrected chi connectivity index (χ3v) is 3.23. The van der Waals surface area contributed by atoms with Gasteiger partial charge in [-0.05, 0) is 13.0 Å². The van der Waals surface area contributed by atoms with Crippen LogP contribution in [0.4, 0.5) is 13.2 Å². The largest absolute Gasteiger partial charge is 0.401 e. The molecule has 1 heterocycles. The molecule has 21 heavy (non-hydrogen) atoms. The Morgan fingerprint density at radius 2 is 2.00 bits per heavy atom. The van der Waals surface area contributed by atoms with Crippen LogP contribution in [0, 0.1) is 0 Å². The fourth-order valence-electron chi connectivity index (χ4n) is 2.37. The molecule has 0 saturated carbocycles. The van der Waals surface area contributed by atoms with Crippen LogP contribution in [-0.2, 0) is 13.1 Å². The first-order valence-electron chi connectivity index (χ1n) is 6.79. The van der Waals surface area contributed by atoms with Gasteiger partial charge in [-0.25, -0.2) is 0 Å². The van der Waals surface area contributed by atoms with Gasteiger partial charge < -0.3 is 5.11 Å². The predicted octanol–water partition coefficient (Wildman–Crippen LogP) is 2.41. The van der Waals surface area contributed by atoms with Crippen molar-refractivity contribution in [1.29, 1.82) is 0 Å². The summed E-state index contributed by atoms with van der Waals surface area (Å²) in [5, 5.41) is 14.2. The van der Waals surface area contributed by atoms with Crippen molar-refractivity contribution in [2.75, 3.05) is 19.7 Å². The number of aryl methyl sites for hydroxylation is 1. The van der Waals surface area contributed by atoms with Gasteiger partial charge in [0, 0.05) is 25.0 Å². The molecular weight excluding hydrogens is 283 g/mol.